The van der Waals surface area contributed by atoms with Crippen molar-refractivity contribution in [1.82, 2.24) is 39.9 Å². The fraction of sp³-hybridized carbons (Fsp3) is 0.238. The molecule has 0 bridgehead atoms. The van der Waals surface area contributed by atoms with Crippen molar-refractivity contribution in [3.63, 3.8) is 0 Å². The molecule has 2 aliphatic heterocycles. The minimum absolute atomic E-state index is 0.119. The number of aromatic nitrogens is 8. The number of carbonyl (C=O) groups excluding carboxylic acids is 1. The SMILES string of the molecule is Nc1cccnc1N1CCC(c2cnc[nH]2)CC1.O=C(Nc1cccnc1N1CCC(c2cnc[nH]2)CC1)c1csc(-c2cccs2)n1.O=C(O)c1csc(-c2cccs2)n1. The van der Waals surface area contributed by atoms with Crippen LogP contribution < -0.4 is 20.9 Å². The Bertz CT molecular complexity index is 2580. The summed E-state index contributed by atoms with van der Waals surface area (Å²) in [6.45, 7) is 3.74. The number of nitrogens with zero attached hydrogens (tertiary/aromatic N) is 8. The molecule has 0 radical (unpaired) electrons. The van der Waals surface area contributed by atoms with Gasteiger partial charge in [0, 0.05) is 85.0 Å². The van der Waals surface area contributed by atoms with Gasteiger partial charge in [-0.25, -0.2) is 34.7 Å². The van der Waals surface area contributed by atoms with E-state index in [1.807, 2.05) is 71.7 Å². The maximum atomic E-state index is 12.8. The van der Waals surface area contributed by atoms with E-state index >= 15 is 0 Å². The Morgan fingerprint density at radius 2 is 1.21 bits per heavy atom. The number of H-pyrrole nitrogens is 2. The van der Waals surface area contributed by atoms with Crippen LogP contribution in [-0.2, 0) is 0 Å². The van der Waals surface area contributed by atoms with Gasteiger partial charge >= 0.3 is 5.97 Å². The Morgan fingerprint density at radius 1 is 0.689 bits per heavy atom. The standard InChI is InChI=1S/C21H20N6OS2.C13H17N5.C8H5NO2S2/c28-20(17-12-30-21(26-17)18-4-2-10-29-18)25-15-3-1-7-23-19(15)27-8-5-14(6-9-27)16-11-22-13-24-16;14-11-2-1-5-16-13(11)18-6-3-10(4-7-18)12-8-15-9-17-12;10-8(11)5-4-13-7(9-5)6-2-1-3-12-6/h1-4,7,10-14H,5-6,8-9H2,(H,22,24)(H,25,28);1-2,5,8-10H,3-4,6-7,14H2,(H,15,17);1-4H,(H,10,11). The quantitative estimate of drug-likeness (QED) is 0.0920. The second kappa shape index (κ2) is 19.9. The van der Waals surface area contributed by atoms with Crippen molar-refractivity contribution in [2.45, 2.75) is 37.5 Å². The number of hydrogen-bond donors (Lipinski definition) is 5. The monoisotopic (exact) mass is 890 g/mol. The van der Waals surface area contributed by atoms with Crippen LogP contribution in [0.5, 0.6) is 0 Å². The van der Waals surface area contributed by atoms with Crippen LogP contribution in [0.3, 0.4) is 0 Å². The van der Waals surface area contributed by atoms with E-state index in [1.165, 1.54) is 34.1 Å². The number of pyridine rings is 2. The van der Waals surface area contributed by atoms with Crippen molar-refractivity contribution < 1.29 is 14.7 Å². The second-order valence-corrected chi connectivity index (χ2v) is 17.7. The van der Waals surface area contributed by atoms with E-state index < -0.39 is 5.97 Å². The summed E-state index contributed by atoms with van der Waals surface area (Å²) >= 11 is 6.01. The number of aromatic carboxylic acids is 1. The molecule has 2 saturated heterocycles. The lowest BCUT2D eigenvalue weighted by Gasteiger charge is -2.33. The normalized spacial score (nSPS) is 14.4. The molecular formula is C42H42N12O3S4. The predicted octanol–water partition coefficient (Wildman–Crippen LogP) is 8.97. The van der Waals surface area contributed by atoms with Gasteiger partial charge in [-0.2, -0.15) is 0 Å². The molecule has 6 N–H and O–H groups in total. The summed E-state index contributed by atoms with van der Waals surface area (Å²) in [7, 11) is 0. The first kappa shape index (κ1) is 41.5. The number of piperidine rings is 2. The van der Waals surface area contributed by atoms with Crippen LogP contribution >= 0.6 is 45.3 Å². The summed E-state index contributed by atoms with van der Waals surface area (Å²) in [5.41, 5.74) is 10.4. The molecular weight excluding hydrogens is 849 g/mol. The highest BCUT2D eigenvalue weighted by molar-refractivity contribution is 7.20. The van der Waals surface area contributed by atoms with Crippen LogP contribution in [0.2, 0.25) is 0 Å². The molecule has 0 aliphatic carbocycles. The van der Waals surface area contributed by atoms with Crippen LogP contribution in [0, 0.1) is 0 Å². The molecule has 0 saturated carbocycles. The van der Waals surface area contributed by atoms with Crippen molar-refractivity contribution in [3.05, 3.63) is 130 Å². The molecule has 312 valence electrons. The molecule has 2 fully saturated rings. The molecule has 8 aromatic rings. The first-order valence-electron chi connectivity index (χ1n) is 19.5. The summed E-state index contributed by atoms with van der Waals surface area (Å²) < 4.78 is 0. The molecule has 10 rings (SSSR count). The number of carbonyl (C=O) groups is 2. The van der Waals surface area contributed by atoms with E-state index in [-0.39, 0.29) is 11.6 Å². The number of nitrogen functional groups attached to an aromatic ring is 1. The van der Waals surface area contributed by atoms with Gasteiger partial charge in [-0.15, -0.1) is 45.3 Å². The van der Waals surface area contributed by atoms with Gasteiger partial charge in [0.15, 0.2) is 17.3 Å². The van der Waals surface area contributed by atoms with Crippen LogP contribution in [0.15, 0.2) is 107 Å². The Morgan fingerprint density at radius 3 is 1.70 bits per heavy atom. The molecule has 0 atom stereocenters. The molecule has 15 nitrogen and oxygen atoms in total. The number of thiophene rings is 2. The fourth-order valence-corrected chi connectivity index (χ4v) is 10.4. The van der Waals surface area contributed by atoms with Crippen molar-refractivity contribution in [2.75, 3.05) is 47.0 Å². The maximum absolute atomic E-state index is 12.8. The number of nitrogens with one attached hydrogen (secondary N) is 3. The lowest BCUT2D eigenvalue weighted by Crippen LogP contribution is -2.34. The molecule has 61 heavy (non-hydrogen) atoms. The van der Waals surface area contributed by atoms with Crippen LogP contribution in [-0.4, -0.2) is 83.0 Å². The van der Waals surface area contributed by atoms with Crippen LogP contribution in [0.1, 0.15) is 69.9 Å². The maximum Gasteiger partial charge on any atom is 0.355 e. The number of aromatic amines is 2. The van der Waals surface area contributed by atoms with Crippen LogP contribution in [0.4, 0.5) is 23.0 Å². The lowest BCUT2D eigenvalue weighted by atomic mass is 9.94. The predicted molar refractivity (Wildman–Crippen MR) is 244 cm³/mol. The van der Waals surface area contributed by atoms with E-state index in [9.17, 15) is 9.59 Å². The molecule has 0 unspecified atom stereocenters. The summed E-state index contributed by atoms with van der Waals surface area (Å²) in [4.78, 5) is 62.0. The summed E-state index contributed by atoms with van der Waals surface area (Å²) in [6, 6.07) is 15.4. The molecule has 0 aromatic carbocycles. The first-order chi connectivity index (χ1) is 29.9. The first-order valence-corrected chi connectivity index (χ1v) is 23.1. The summed E-state index contributed by atoms with van der Waals surface area (Å²) in [6.07, 6.45) is 15.1. The Balaban J connectivity index is 0.000000140. The molecule has 19 heteroatoms. The minimum atomic E-state index is -0.973. The number of carboxylic acid groups (broad SMARTS) is 1. The van der Waals surface area contributed by atoms with Gasteiger partial charge in [0.25, 0.3) is 5.91 Å². The van der Waals surface area contributed by atoms with Crippen LogP contribution in [0.25, 0.3) is 19.8 Å². The number of carboxylic acids is 1. The Hall–Kier alpha value is -6.28. The number of thiazole rings is 2. The number of hydrogen-bond acceptors (Lipinski definition) is 15. The van der Waals surface area contributed by atoms with Crippen molar-refractivity contribution in [2.24, 2.45) is 0 Å². The third-order valence-electron chi connectivity index (χ3n) is 10.3. The largest absolute Gasteiger partial charge is 0.476 e. The molecule has 1 amide bonds. The van der Waals surface area contributed by atoms with Gasteiger partial charge in [-0.3, -0.25) is 4.79 Å². The van der Waals surface area contributed by atoms with Gasteiger partial charge < -0.3 is 35.9 Å². The average molecular weight is 891 g/mol. The highest BCUT2D eigenvalue weighted by Crippen LogP contribution is 2.34. The fourth-order valence-electron chi connectivity index (χ4n) is 7.17. The highest BCUT2D eigenvalue weighted by Gasteiger charge is 2.25. The van der Waals surface area contributed by atoms with E-state index in [1.54, 1.807) is 58.5 Å². The smallest absolute Gasteiger partial charge is 0.355 e. The number of imidazole rings is 2. The molecule has 0 spiro atoms. The van der Waals surface area contributed by atoms with Gasteiger partial charge in [-0.1, -0.05) is 12.1 Å². The zero-order valence-electron chi connectivity index (χ0n) is 32.8. The van der Waals surface area contributed by atoms with E-state index in [0.717, 1.165) is 89.0 Å². The van der Waals surface area contributed by atoms with Gasteiger partial charge in [0.2, 0.25) is 0 Å². The topological polar surface area (TPSA) is 208 Å². The summed E-state index contributed by atoms with van der Waals surface area (Å²) in [5, 5.41) is 20.6. The number of anilines is 4. The number of nitrogens with two attached hydrogens (primary N) is 1. The number of rotatable bonds is 9. The average Bonchev–Trinajstić information content (AvgIpc) is 4.15. The number of amides is 1. The Kier molecular flexibility index (Phi) is 13.5. The van der Waals surface area contributed by atoms with E-state index in [0.29, 0.717) is 23.2 Å². The lowest BCUT2D eigenvalue weighted by molar-refractivity contribution is 0.0691. The summed E-state index contributed by atoms with van der Waals surface area (Å²) in [5.74, 6) is 1.60. The van der Waals surface area contributed by atoms with Gasteiger partial charge in [0.1, 0.15) is 15.7 Å². The zero-order chi connectivity index (χ0) is 42.0. The highest BCUT2D eigenvalue weighted by atomic mass is 32.1. The third-order valence-corrected chi connectivity index (χ3v) is 14.0. The van der Waals surface area contributed by atoms with E-state index in [2.05, 4.69) is 55.0 Å². The third kappa shape index (κ3) is 10.4. The molecule has 10 heterocycles. The zero-order valence-corrected chi connectivity index (χ0v) is 36.0. The Labute approximate surface area is 367 Å². The molecule has 8 aromatic heterocycles. The van der Waals surface area contributed by atoms with Gasteiger partial charge in [-0.05, 0) is 72.8 Å². The van der Waals surface area contributed by atoms with E-state index in [4.69, 9.17) is 10.8 Å². The minimum Gasteiger partial charge on any atom is -0.476 e. The van der Waals surface area contributed by atoms with Crippen molar-refractivity contribution >= 4 is 80.2 Å². The van der Waals surface area contributed by atoms with Crippen molar-refractivity contribution in [3.8, 4) is 19.8 Å². The van der Waals surface area contributed by atoms with Gasteiger partial charge in [0.05, 0.1) is 33.8 Å². The van der Waals surface area contributed by atoms with Crippen molar-refractivity contribution in [1.29, 1.82) is 0 Å². The molecule has 2 aliphatic rings. The second-order valence-electron chi connectivity index (χ2n) is 14.1.